The standard InChI is InChI=1S/C20H30N2O8S2/c1-2-16-31(24,25)22-9-3-4-19(22)20(23)30-15-14-29-17-5-7-18(8-6-17)32(26,27)21-10-12-28-13-11-21/h5-8,19H,2-4,9-16H2,1H3. The molecule has 0 amide bonds. The van der Waals surface area contributed by atoms with Gasteiger partial charge in [-0.3, -0.25) is 4.79 Å². The summed E-state index contributed by atoms with van der Waals surface area (Å²) in [6, 6.07) is 5.26. The van der Waals surface area contributed by atoms with Crippen molar-refractivity contribution in [2.24, 2.45) is 0 Å². The Balaban J connectivity index is 1.47. The van der Waals surface area contributed by atoms with Crippen molar-refractivity contribution in [3.63, 3.8) is 0 Å². The topological polar surface area (TPSA) is 120 Å². The zero-order valence-electron chi connectivity index (χ0n) is 18.1. The maximum atomic E-state index is 12.6. The Morgan fingerprint density at radius 3 is 2.41 bits per heavy atom. The van der Waals surface area contributed by atoms with Gasteiger partial charge in [-0.1, -0.05) is 6.92 Å². The number of benzene rings is 1. The molecule has 0 aromatic heterocycles. The molecule has 0 saturated carbocycles. The van der Waals surface area contributed by atoms with Crippen LogP contribution in [0.15, 0.2) is 29.2 Å². The average molecular weight is 491 g/mol. The Hall–Kier alpha value is -1.73. The van der Waals surface area contributed by atoms with Crippen molar-refractivity contribution >= 4 is 26.0 Å². The van der Waals surface area contributed by atoms with Gasteiger partial charge >= 0.3 is 5.97 Å². The summed E-state index contributed by atoms with van der Waals surface area (Å²) in [4.78, 5) is 12.5. The molecule has 2 heterocycles. The molecule has 3 rings (SSSR count). The van der Waals surface area contributed by atoms with E-state index in [4.69, 9.17) is 14.2 Å². The summed E-state index contributed by atoms with van der Waals surface area (Å²) in [5.74, 6) is -0.121. The summed E-state index contributed by atoms with van der Waals surface area (Å²) in [6.45, 7) is 3.54. The first-order valence-electron chi connectivity index (χ1n) is 10.7. The van der Waals surface area contributed by atoms with Gasteiger partial charge in [-0.05, 0) is 43.5 Å². The van der Waals surface area contributed by atoms with Crippen molar-refractivity contribution in [3.05, 3.63) is 24.3 Å². The van der Waals surface area contributed by atoms with Gasteiger partial charge in [0.1, 0.15) is 25.0 Å². The molecule has 2 aliphatic heterocycles. The van der Waals surface area contributed by atoms with Gasteiger partial charge in [-0.25, -0.2) is 16.8 Å². The first-order valence-corrected chi connectivity index (χ1v) is 13.8. The van der Waals surface area contributed by atoms with Gasteiger partial charge in [0.15, 0.2) is 0 Å². The van der Waals surface area contributed by atoms with Crippen LogP contribution in [0.5, 0.6) is 5.75 Å². The van der Waals surface area contributed by atoms with Crippen molar-refractivity contribution in [3.8, 4) is 5.75 Å². The van der Waals surface area contributed by atoms with Crippen molar-refractivity contribution in [2.75, 3.05) is 51.8 Å². The van der Waals surface area contributed by atoms with E-state index in [2.05, 4.69) is 0 Å². The largest absolute Gasteiger partial charge is 0.490 e. The maximum Gasteiger partial charge on any atom is 0.324 e. The van der Waals surface area contributed by atoms with E-state index < -0.39 is 32.1 Å². The Morgan fingerprint density at radius 2 is 1.75 bits per heavy atom. The third-order valence-corrected chi connectivity index (χ3v) is 9.31. The smallest absolute Gasteiger partial charge is 0.324 e. The Labute approximate surface area is 189 Å². The van der Waals surface area contributed by atoms with Crippen molar-refractivity contribution in [2.45, 2.75) is 37.1 Å². The molecule has 2 fully saturated rings. The third kappa shape index (κ3) is 5.98. The van der Waals surface area contributed by atoms with Crippen LogP contribution in [0.3, 0.4) is 0 Å². The number of carbonyl (C=O) groups excluding carboxylic acids is 1. The molecule has 0 bridgehead atoms. The second-order valence-corrected chi connectivity index (χ2v) is 11.6. The molecule has 1 aromatic carbocycles. The summed E-state index contributed by atoms with van der Waals surface area (Å²) >= 11 is 0. The Kier molecular flexibility index (Phi) is 8.50. The minimum absolute atomic E-state index is 0.0111. The fraction of sp³-hybridized carbons (Fsp3) is 0.650. The molecule has 1 aromatic rings. The number of sulfonamides is 2. The fourth-order valence-corrected chi connectivity index (χ4v) is 6.87. The van der Waals surface area contributed by atoms with Gasteiger partial charge in [-0.15, -0.1) is 0 Å². The first-order chi connectivity index (χ1) is 15.3. The molecule has 0 N–H and O–H groups in total. The lowest BCUT2D eigenvalue weighted by atomic mass is 10.2. The number of carbonyl (C=O) groups is 1. The molecule has 10 nitrogen and oxygen atoms in total. The molecule has 2 saturated heterocycles. The number of nitrogens with zero attached hydrogens (tertiary/aromatic N) is 2. The first kappa shape index (κ1) is 24.9. The molecule has 180 valence electrons. The lowest BCUT2D eigenvalue weighted by Crippen LogP contribution is -2.42. The number of esters is 1. The van der Waals surface area contributed by atoms with Crippen LogP contribution in [-0.2, 0) is 34.3 Å². The quantitative estimate of drug-likeness (QED) is 0.350. The van der Waals surface area contributed by atoms with Crippen LogP contribution in [-0.4, -0.2) is 89.3 Å². The van der Waals surface area contributed by atoms with E-state index >= 15 is 0 Å². The molecule has 1 atom stereocenters. The van der Waals surface area contributed by atoms with Crippen LogP contribution >= 0.6 is 0 Å². The summed E-state index contributed by atoms with van der Waals surface area (Å²) in [6.07, 6.45) is 1.56. The minimum atomic E-state index is -3.57. The monoisotopic (exact) mass is 490 g/mol. The number of hydrogen-bond donors (Lipinski definition) is 0. The zero-order chi connectivity index (χ0) is 23.2. The number of morpholine rings is 1. The van der Waals surface area contributed by atoms with Crippen molar-refractivity contribution in [1.29, 1.82) is 0 Å². The Morgan fingerprint density at radius 1 is 1.06 bits per heavy atom. The second kappa shape index (κ2) is 10.9. The summed E-state index contributed by atoms with van der Waals surface area (Å²) in [5.41, 5.74) is 0. The highest BCUT2D eigenvalue weighted by atomic mass is 32.2. The van der Waals surface area contributed by atoms with E-state index in [0.717, 1.165) is 0 Å². The third-order valence-electron chi connectivity index (χ3n) is 5.32. The van der Waals surface area contributed by atoms with Crippen LogP contribution in [0.25, 0.3) is 0 Å². The van der Waals surface area contributed by atoms with Gasteiger partial charge in [-0.2, -0.15) is 8.61 Å². The van der Waals surface area contributed by atoms with E-state index in [1.165, 1.54) is 20.7 Å². The SMILES string of the molecule is CCCS(=O)(=O)N1CCCC1C(=O)OCCOc1ccc(S(=O)(=O)N2CCOCC2)cc1. The van der Waals surface area contributed by atoms with Gasteiger partial charge in [0.05, 0.1) is 23.9 Å². The maximum absolute atomic E-state index is 12.6. The van der Waals surface area contributed by atoms with Crippen LogP contribution in [0.2, 0.25) is 0 Å². The number of ether oxygens (including phenoxy) is 3. The summed E-state index contributed by atoms with van der Waals surface area (Å²) < 4.78 is 68.4. The Bertz CT molecular complexity index is 973. The van der Waals surface area contributed by atoms with Crippen LogP contribution in [0.1, 0.15) is 26.2 Å². The molecule has 0 aliphatic carbocycles. The molecule has 0 spiro atoms. The van der Waals surface area contributed by atoms with Crippen molar-refractivity contribution in [1.82, 2.24) is 8.61 Å². The number of hydrogen-bond acceptors (Lipinski definition) is 8. The zero-order valence-corrected chi connectivity index (χ0v) is 19.8. The van der Waals surface area contributed by atoms with E-state index in [1.54, 1.807) is 19.1 Å². The molecular weight excluding hydrogens is 460 g/mol. The highest BCUT2D eigenvalue weighted by Gasteiger charge is 2.39. The van der Waals surface area contributed by atoms with Crippen LogP contribution in [0.4, 0.5) is 0 Å². The predicted molar refractivity (Wildman–Crippen MR) is 116 cm³/mol. The molecular formula is C20H30N2O8S2. The second-order valence-electron chi connectivity index (χ2n) is 7.59. The van der Waals surface area contributed by atoms with E-state index in [-0.39, 0.29) is 23.9 Å². The van der Waals surface area contributed by atoms with Crippen LogP contribution < -0.4 is 4.74 Å². The molecule has 2 aliphatic rings. The molecule has 12 heteroatoms. The number of rotatable bonds is 10. The summed E-state index contributed by atoms with van der Waals surface area (Å²) in [5, 5.41) is 0. The lowest BCUT2D eigenvalue weighted by Gasteiger charge is -2.26. The van der Waals surface area contributed by atoms with E-state index in [1.807, 2.05) is 0 Å². The van der Waals surface area contributed by atoms with Crippen LogP contribution in [0, 0.1) is 0 Å². The molecule has 32 heavy (non-hydrogen) atoms. The van der Waals surface area contributed by atoms with Gasteiger partial charge in [0, 0.05) is 19.6 Å². The van der Waals surface area contributed by atoms with Gasteiger partial charge in [0.25, 0.3) is 0 Å². The highest BCUT2D eigenvalue weighted by molar-refractivity contribution is 7.89. The minimum Gasteiger partial charge on any atom is -0.490 e. The lowest BCUT2D eigenvalue weighted by molar-refractivity contribution is -0.148. The molecule has 0 radical (unpaired) electrons. The van der Waals surface area contributed by atoms with E-state index in [9.17, 15) is 21.6 Å². The van der Waals surface area contributed by atoms with Gasteiger partial charge < -0.3 is 14.2 Å². The van der Waals surface area contributed by atoms with E-state index in [0.29, 0.717) is 57.9 Å². The predicted octanol–water partition coefficient (Wildman–Crippen LogP) is 0.834. The van der Waals surface area contributed by atoms with Crippen molar-refractivity contribution < 1.29 is 35.8 Å². The fourth-order valence-electron chi connectivity index (χ4n) is 3.73. The molecule has 1 unspecified atom stereocenters. The highest BCUT2D eigenvalue weighted by Crippen LogP contribution is 2.23. The normalized spacial score (nSPS) is 20.8. The van der Waals surface area contributed by atoms with Gasteiger partial charge in [0.2, 0.25) is 20.0 Å². The average Bonchev–Trinajstić information content (AvgIpc) is 3.29. The summed E-state index contributed by atoms with van der Waals surface area (Å²) in [7, 11) is -7.03.